The number of amides is 2. The fraction of sp³-hybridized carbons (Fsp3) is 0.467. The summed E-state index contributed by atoms with van der Waals surface area (Å²) in [6, 6.07) is 6.78. The smallest absolute Gasteiger partial charge is 0.335 e. The first-order valence-corrected chi connectivity index (χ1v) is 6.91. The fourth-order valence-electron chi connectivity index (χ4n) is 2.40. The maximum Gasteiger partial charge on any atom is 0.335 e. The minimum absolute atomic E-state index is 0.0243. The van der Waals surface area contributed by atoms with Gasteiger partial charge in [0.05, 0.1) is 5.56 Å². The molecule has 1 fully saturated rings. The van der Waals surface area contributed by atoms with Crippen molar-refractivity contribution in [3.05, 3.63) is 35.4 Å². The van der Waals surface area contributed by atoms with Gasteiger partial charge in [-0.3, -0.25) is 0 Å². The first kappa shape index (κ1) is 14.4. The topological polar surface area (TPSA) is 69.6 Å². The lowest BCUT2D eigenvalue weighted by atomic mass is 10.1. The molecule has 2 rings (SSSR count). The van der Waals surface area contributed by atoms with Gasteiger partial charge >= 0.3 is 12.0 Å². The van der Waals surface area contributed by atoms with Crippen LogP contribution in [0.25, 0.3) is 0 Å². The Labute approximate surface area is 118 Å². The van der Waals surface area contributed by atoms with Gasteiger partial charge in [-0.05, 0) is 36.5 Å². The van der Waals surface area contributed by atoms with Gasteiger partial charge in [0.15, 0.2) is 0 Å². The number of nitrogens with zero attached hydrogens (tertiary/aromatic N) is 1. The molecule has 1 aliphatic heterocycles. The molecule has 0 aromatic heterocycles. The molecule has 1 saturated heterocycles. The Bertz CT molecular complexity index is 502. The van der Waals surface area contributed by atoms with Gasteiger partial charge in [-0.2, -0.15) is 0 Å². The number of urea groups is 1. The van der Waals surface area contributed by atoms with E-state index in [1.807, 2.05) is 11.0 Å². The molecule has 1 aromatic rings. The van der Waals surface area contributed by atoms with Crippen LogP contribution < -0.4 is 5.32 Å². The Balaban J connectivity index is 1.79. The highest BCUT2D eigenvalue weighted by atomic mass is 16.4. The summed E-state index contributed by atoms with van der Waals surface area (Å²) >= 11 is 0. The number of carboxylic acids is 1. The molecule has 0 saturated carbocycles. The number of benzene rings is 1. The van der Waals surface area contributed by atoms with Gasteiger partial charge in [-0.25, -0.2) is 9.59 Å². The Morgan fingerprint density at radius 1 is 1.45 bits per heavy atom. The quantitative estimate of drug-likeness (QED) is 0.883. The number of hydrogen-bond donors (Lipinski definition) is 2. The molecule has 1 heterocycles. The van der Waals surface area contributed by atoms with Gasteiger partial charge in [0, 0.05) is 19.6 Å². The Morgan fingerprint density at radius 2 is 2.25 bits per heavy atom. The van der Waals surface area contributed by atoms with Crippen molar-refractivity contribution in [1.82, 2.24) is 10.2 Å². The zero-order chi connectivity index (χ0) is 14.5. The first-order chi connectivity index (χ1) is 9.56. The maximum atomic E-state index is 11.9. The molecule has 0 radical (unpaired) electrons. The van der Waals surface area contributed by atoms with Crippen LogP contribution in [0.1, 0.15) is 29.3 Å². The lowest BCUT2D eigenvalue weighted by Crippen LogP contribution is -2.39. The van der Waals surface area contributed by atoms with Gasteiger partial charge in [0.2, 0.25) is 0 Å². The van der Waals surface area contributed by atoms with Crippen LogP contribution in [0.15, 0.2) is 24.3 Å². The molecule has 5 heteroatoms. The Hall–Kier alpha value is -2.04. The predicted octanol–water partition coefficient (Wildman–Crippen LogP) is 1.98. The number of likely N-dealkylation sites (tertiary alicyclic amines) is 1. The van der Waals surface area contributed by atoms with E-state index in [0.29, 0.717) is 18.9 Å². The van der Waals surface area contributed by atoms with Crippen LogP contribution in [0.3, 0.4) is 0 Å². The SMILES string of the molecule is CC1CCN(C(=O)NCCc2cccc(C(=O)O)c2)C1. The predicted molar refractivity (Wildman–Crippen MR) is 75.9 cm³/mol. The summed E-state index contributed by atoms with van der Waals surface area (Å²) in [7, 11) is 0. The maximum absolute atomic E-state index is 11.9. The van der Waals surface area contributed by atoms with Crippen LogP contribution in [-0.4, -0.2) is 41.6 Å². The molecule has 0 spiro atoms. The molecule has 108 valence electrons. The van der Waals surface area contributed by atoms with Crippen molar-refractivity contribution in [2.45, 2.75) is 19.8 Å². The third kappa shape index (κ3) is 3.73. The van der Waals surface area contributed by atoms with E-state index < -0.39 is 5.97 Å². The minimum atomic E-state index is -0.929. The minimum Gasteiger partial charge on any atom is -0.478 e. The third-order valence-corrected chi connectivity index (χ3v) is 3.57. The molecule has 1 aliphatic rings. The monoisotopic (exact) mass is 276 g/mol. The van der Waals surface area contributed by atoms with Gasteiger partial charge in [0.1, 0.15) is 0 Å². The lowest BCUT2D eigenvalue weighted by Gasteiger charge is -2.16. The highest BCUT2D eigenvalue weighted by Crippen LogP contribution is 2.14. The standard InChI is InChI=1S/C15H20N2O3/c1-11-6-8-17(10-11)15(20)16-7-5-12-3-2-4-13(9-12)14(18)19/h2-4,9,11H,5-8,10H2,1H3,(H,16,20)(H,18,19). The van der Waals surface area contributed by atoms with E-state index >= 15 is 0 Å². The van der Waals surface area contributed by atoms with Gasteiger partial charge in [-0.15, -0.1) is 0 Å². The van der Waals surface area contributed by atoms with E-state index in [2.05, 4.69) is 12.2 Å². The number of aromatic carboxylic acids is 1. The summed E-state index contributed by atoms with van der Waals surface area (Å²) in [6.07, 6.45) is 1.70. The summed E-state index contributed by atoms with van der Waals surface area (Å²) in [5.74, 6) is -0.352. The lowest BCUT2D eigenvalue weighted by molar-refractivity contribution is 0.0696. The van der Waals surface area contributed by atoms with Crippen LogP contribution in [0.2, 0.25) is 0 Å². The van der Waals surface area contributed by atoms with Crippen LogP contribution >= 0.6 is 0 Å². The van der Waals surface area contributed by atoms with Gasteiger partial charge < -0.3 is 15.3 Å². The number of carbonyl (C=O) groups is 2. The number of carbonyl (C=O) groups excluding carboxylic acids is 1. The van der Waals surface area contributed by atoms with Crippen molar-refractivity contribution in [2.24, 2.45) is 5.92 Å². The van der Waals surface area contributed by atoms with Crippen molar-refractivity contribution in [3.63, 3.8) is 0 Å². The summed E-state index contributed by atoms with van der Waals surface area (Å²) in [4.78, 5) is 24.6. The Morgan fingerprint density at radius 3 is 2.90 bits per heavy atom. The molecular weight excluding hydrogens is 256 g/mol. The van der Waals surface area contributed by atoms with Gasteiger partial charge in [0.25, 0.3) is 0 Å². The van der Waals surface area contributed by atoms with Crippen molar-refractivity contribution >= 4 is 12.0 Å². The van der Waals surface area contributed by atoms with E-state index in [1.165, 1.54) is 0 Å². The van der Waals surface area contributed by atoms with Crippen LogP contribution in [0.4, 0.5) is 4.79 Å². The van der Waals surface area contributed by atoms with E-state index in [0.717, 1.165) is 25.1 Å². The van der Waals surface area contributed by atoms with E-state index in [4.69, 9.17) is 5.11 Å². The van der Waals surface area contributed by atoms with Crippen molar-refractivity contribution in [3.8, 4) is 0 Å². The molecule has 0 aliphatic carbocycles. The highest BCUT2D eigenvalue weighted by Gasteiger charge is 2.22. The molecule has 1 aromatic carbocycles. The Kier molecular flexibility index (Phi) is 4.61. The fourth-order valence-corrected chi connectivity index (χ4v) is 2.40. The summed E-state index contributed by atoms with van der Waals surface area (Å²) in [5, 5.41) is 11.8. The second-order valence-electron chi connectivity index (χ2n) is 5.33. The zero-order valence-electron chi connectivity index (χ0n) is 11.6. The molecule has 5 nitrogen and oxygen atoms in total. The largest absolute Gasteiger partial charge is 0.478 e. The summed E-state index contributed by atoms with van der Waals surface area (Å²) in [5.41, 5.74) is 1.20. The number of hydrogen-bond acceptors (Lipinski definition) is 2. The average Bonchev–Trinajstić information content (AvgIpc) is 2.86. The number of carboxylic acid groups (broad SMARTS) is 1. The molecule has 2 amide bonds. The molecule has 1 unspecified atom stereocenters. The molecule has 2 N–H and O–H groups in total. The first-order valence-electron chi connectivity index (χ1n) is 6.91. The summed E-state index contributed by atoms with van der Waals surface area (Å²) in [6.45, 7) is 4.30. The van der Waals surface area contributed by atoms with Crippen LogP contribution in [0, 0.1) is 5.92 Å². The molecule has 1 atom stereocenters. The number of rotatable bonds is 4. The van der Waals surface area contributed by atoms with Crippen LogP contribution in [-0.2, 0) is 6.42 Å². The number of nitrogens with one attached hydrogen (secondary N) is 1. The molecule has 20 heavy (non-hydrogen) atoms. The van der Waals surface area contributed by atoms with Gasteiger partial charge in [-0.1, -0.05) is 19.1 Å². The van der Waals surface area contributed by atoms with Crippen molar-refractivity contribution in [1.29, 1.82) is 0 Å². The molecular formula is C15H20N2O3. The normalized spacial score (nSPS) is 18.1. The zero-order valence-corrected chi connectivity index (χ0v) is 11.6. The summed E-state index contributed by atoms with van der Waals surface area (Å²) < 4.78 is 0. The van der Waals surface area contributed by atoms with E-state index in [1.54, 1.807) is 18.2 Å². The van der Waals surface area contributed by atoms with Crippen molar-refractivity contribution in [2.75, 3.05) is 19.6 Å². The van der Waals surface area contributed by atoms with Crippen molar-refractivity contribution < 1.29 is 14.7 Å². The van der Waals surface area contributed by atoms with E-state index in [9.17, 15) is 9.59 Å². The molecule has 0 bridgehead atoms. The third-order valence-electron chi connectivity index (χ3n) is 3.57. The second-order valence-corrected chi connectivity index (χ2v) is 5.33. The second kappa shape index (κ2) is 6.41. The van der Waals surface area contributed by atoms with E-state index in [-0.39, 0.29) is 11.6 Å². The van der Waals surface area contributed by atoms with Crippen LogP contribution in [0.5, 0.6) is 0 Å². The average molecular weight is 276 g/mol. The highest BCUT2D eigenvalue weighted by molar-refractivity contribution is 5.87.